The summed E-state index contributed by atoms with van der Waals surface area (Å²) in [5.41, 5.74) is 7.47. The number of nitrogens with one attached hydrogen (secondary N) is 1. The van der Waals surface area contributed by atoms with Crippen LogP contribution in [0, 0.1) is 18.3 Å². The van der Waals surface area contributed by atoms with Crippen LogP contribution in [0.2, 0.25) is 0 Å². The van der Waals surface area contributed by atoms with Gasteiger partial charge in [-0.3, -0.25) is 5.41 Å². The first kappa shape index (κ1) is 24.3. The number of hydrogen-bond donors (Lipinski definition) is 3. The third-order valence-corrected chi connectivity index (χ3v) is 6.54. The highest BCUT2D eigenvalue weighted by Crippen LogP contribution is 2.33. The van der Waals surface area contributed by atoms with Gasteiger partial charge in [-0.05, 0) is 55.9 Å². The predicted molar refractivity (Wildman–Crippen MR) is 118 cm³/mol. The molecule has 1 aliphatic heterocycles. The molecule has 1 aromatic heterocycles. The van der Waals surface area contributed by atoms with Crippen LogP contribution in [0.25, 0.3) is 11.4 Å². The first-order valence-corrected chi connectivity index (χ1v) is 11.4. The van der Waals surface area contributed by atoms with Gasteiger partial charge < -0.3 is 37.4 Å². The molecule has 2 atom stereocenters. The van der Waals surface area contributed by atoms with Crippen LogP contribution >= 0.6 is 0 Å². The molecule has 9 heteroatoms. The van der Waals surface area contributed by atoms with E-state index in [1.54, 1.807) is 4.90 Å². The molecule has 1 saturated heterocycles. The van der Waals surface area contributed by atoms with E-state index >= 15 is 0 Å². The van der Waals surface area contributed by atoms with Gasteiger partial charge in [-0.15, -0.1) is 0 Å². The lowest BCUT2D eigenvalue weighted by Gasteiger charge is -2.22. The Bertz CT molecular complexity index is 900. The van der Waals surface area contributed by atoms with Crippen molar-refractivity contribution in [3.05, 3.63) is 29.7 Å². The van der Waals surface area contributed by atoms with Gasteiger partial charge in [0.1, 0.15) is 11.8 Å². The zero-order valence-corrected chi connectivity index (χ0v) is 19.4. The topological polar surface area (TPSA) is 121 Å². The molecule has 2 heterocycles. The van der Waals surface area contributed by atoms with E-state index in [-0.39, 0.29) is 24.3 Å². The maximum atomic E-state index is 10.3. The molecule has 0 radical (unpaired) electrons. The van der Waals surface area contributed by atoms with Crippen molar-refractivity contribution in [1.82, 2.24) is 15.0 Å². The van der Waals surface area contributed by atoms with Crippen LogP contribution in [0.3, 0.4) is 0 Å². The van der Waals surface area contributed by atoms with Gasteiger partial charge in [0.25, 0.3) is 5.89 Å². The number of halogens is 1. The number of aliphatic hydroxyl groups is 1. The lowest BCUT2D eigenvalue weighted by atomic mass is 9.86. The number of likely N-dealkylation sites (tertiary alicyclic amines) is 1. The van der Waals surface area contributed by atoms with Gasteiger partial charge in [-0.2, -0.15) is 4.98 Å². The summed E-state index contributed by atoms with van der Waals surface area (Å²) >= 11 is 0. The van der Waals surface area contributed by atoms with Gasteiger partial charge in [0.2, 0.25) is 5.82 Å². The molecule has 2 aromatic rings. The summed E-state index contributed by atoms with van der Waals surface area (Å²) in [6.45, 7) is 3.24. The van der Waals surface area contributed by atoms with Crippen LogP contribution in [-0.4, -0.2) is 45.4 Å². The van der Waals surface area contributed by atoms with Gasteiger partial charge in [0.15, 0.2) is 5.96 Å². The molecule has 1 saturated carbocycles. The average molecular weight is 463 g/mol. The monoisotopic (exact) mass is 462 g/mol. The van der Waals surface area contributed by atoms with Crippen LogP contribution in [0.1, 0.15) is 68.9 Å². The molecule has 2 aliphatic rings. The van der Waals surface area contributed by atoms with E-state index < -0.39 is 12.1 Å². The normalized spacial score (nSPS) is 21.4. The van der Waals surface area contributed by atoms with Crippen molar-refractivity contribution in [3.8, 4) is 17.1 Å². The molecule has 2 fully saturated rings. The number of ether oxygens (including phenoxy) is 1. The maximum absolute atomic E-state index is 10.3. The summed E-state index contributed by atoms with van der Waals surface area (Å²) < 4.78 is 11.4. The summed E-state index contributed by atoms with van der Waals surface area (Å²) in [7, 11) is 0. The highest BCUT2D eigenvalue weighted by molar-refractivity contribution is 5.75. The number of hydrogen-bond acceptors (Lipinski definition) is 6. The Kier molecular flexibility index (Phi) is 8.37. The van der Waals surface area contributed by atoms with E-state index in [9.17, 15) is 5.11 Å². The summed E-state index contributed by atoms with van der Waals surface area (Å²) in [6.07, 6.45) is 9.09. The molecule has 32 heavy (non-hydrogen) atoms. The number of aromatic nitrogens is 2. The van der Waals surface area contributed by atoms with Crippen molar-refractivity contribution < 1.29 is 26.8 Å². The number of benzene rings is 1. The Balaban J connectivity index is 0.00000289. The molecular weight excluding hydrogens is 430 g/mol. The Morgan fingerprint density at radius 1 is 1.28 bits per heavy atom. The Hall–Kier alpha value is -2.32. The average Bonchev–Trinajstić information content (AvgIpc) is 3.39. The molecule has 0 amide bonds. The zero-order chi connectivity index (χ0) is 21.8. The molecule has 1 aliphatic carbocycles. The van der Waals surface area contributed by atoms with Crippen LogP contribution in [0.4, 0.5) is 0 Å². The Morgan fingerprint density at radius 3 is 2.78 bits per heavy atom. The highest BCUT2D eigenvalue weighted by atomic mass is 35.5. The minimum Gasteiger partial charge on any atom is -1.00 e. The van der Waals surface area contributed by atoms with Crippen LogP contribution in [0.5, 0.6) is 5.75 Å². The van der Waals surface area contributed by atoms with Gasteiger partial charge in [-0.25, -0.2) is 0 Å². The van der Waals surface area contributed by atoms with Gasteiger partial charge in [0, 0.05) is 12.1 Å². The van der Waals surface area contributed by atoms with Crippen molar-refractivity contribution in [2.45, 2.75) is 70.4 Å². The summed E-state index contributed by atoms with van der Waals surface area (Å²) in [6, 6.07) is 5.28. The molecule has 4 rings (SSSR count). The minimum absolute atomic E-state index is 0. The lowest BCUT2D eigenvalue weighted by Crippen LogP contribution is -3.00. The van der Waals surface area contributed by atoms with Crippen molar-refractivity contribution >= 4 is 5.96 Å². The second kappa shape index (κ2) is 11.0. The molecule has 4 N–H and O–H groups in total. The van der Waals surface area contributed by atoms with Crippen LogP contribution < -0.4 is 22.9 Å². The third-order valence-electron chi connectivity index (χ3n) is 6.54. The molecule has 8 nitrogen and oxygen atoms in total. The zero-order valence-electron chi connectivity index (χ0n) is 18.6. The molecule has 0 bridgehead atoms. The molecule has 0 unspecified atom stereocenters. The first-order chi connectivity index (χ1) is 15.0. The van der Waals surface area contributed by atoms with Crippen LogP contribution in [0.15, 0.2) is 22.7 Å². The lowest BCUT2D eigenvalue weighted by molar-refractivity contribution is -0.0000104. The number of nitrogens with zero attached hydrogens (tertiary/aromatic N) is 3. The van der Waals surface area contributed by atoms with Crippen molar-refractivity contribution in [1.29, 1.82) is 5.41 Å². The molecule has 1 aromatic carbocycles. The minimum atomic E-state index is -0.691. The summed E-state index contributed by atoms with van der Waals surface area (Å²) in [5.74, 6) is 2.37. The summed E-state index contributed by atoms with van der Waals surface area (Å²) in [4.78, 5) is 6.05. The SMILES string of the molecule is Cc1cc(-c2noc([C@@H]3[C@@H](O)CCN3C(=N)N)n2)ccc1OCCCC1CCCCC1.[Cl-]. The number of nitrogens with two attached hydrogens (primary N) is 1. The Morgan fingerprint density at radius 2 is 2.06 bits per heavy atom. The van der Waals surface area contributed by atoms with E-state index in [1.807, 2.05) is 25.1 Å². The fourth-order valence-corrected chi connectivity index (χ4v) is 4.80. The van der Waals surface area contributed by atoms with Gasteiger partial charge in [-0.1, -0.05) is 37.3 Å². The van der Waals surface area contributed by atoms with Gasteiger partial charge in [0.05, 0.1) is 12.7 Å². The van der Waals surface area contributed by atoms with E-state index in [4.69, 9.17) is 20.4 Å². The number of guanidine groups is 1. The smallest absolute Gasteiger partial charge is 0.252 e. The van der Waals surface area contributed by atoms with E-state index in [0.29, 0.717) is 18.8 Å². The second-order valence-corrected chi connectivity index (χ2v) is 8.81. The largest absolute Gasteiger partial charge is 1.00 e. The fraction of sp³-hybridized carbons (Fsp3) is 0.609. The second-order valence-electron chi connectivity index (χ2n) is 8.81. The van der Waals surface area contributed by atoms with E-state index in [2.05, 4.69) is 10.1 Å². The maximum Gasteiger partial charge on any atom is 0.252 e. The Labute approximate surface area is 195 Å². The number of rotatable bonds is 7. The predicted octanol–water partition coefficient (Wildman–Crippen LogP) is 0.789. The summed E-state index contributed by atoms with van der Waals surface area (Å²) in [5, 5.41) is 22.1. The quantitative estimate of drug-likeness (QED) is 0.316. The van der Waals surface area contributed by atoms with Crippen LogP contribution in [-0.2, 0) is 0 Å². The van der Waals surface area contributed by atoms with Gasteiger partial charge >= 0.3 is 0 Å². The highest BCUT2D eigenvalue weighted by Gasteiger charge is 2.39. The van der Waals surface area contributed by atoms with Crippen molar-refractivity contribution in [2.75, 3.05) is 13.2 Å². The molecule has 0 spiro atoms. The third kappa shape index (κ3) is 5.53. The number of aliphatic hydroxyl groups excluding tert-OH is 1. The first-order valence-electron chi connectivity index (χ1n) is 11.4. The number of aryl methyl sites for hydroxylation is 1. The van der Waals surface area contributed by atoms with Crippen molar-refractivity contribution in [2.24, 2.45) is 11.7 Å². The van der Waals surface area contributed by atoms with Crippen molar-refractivity contribution in [3.63, 3.8) is 0 Å². The standard InChI is InChI=1S/C23H33N5O3.ClH/c1-15-14-17(9-10-19(15)30-13-5-8-16-6-3-2-4-7-16)21-26-22(31-27-21)20-18(29)11-12-28(20)23(24)25;/h9-10,14,16,18,20,29H,2-8,11-13H2,1H3,(H3,24,25);1H/p-1/t18-,20-;/m0./s1. The van der Waals surface area contributed by atoms with E-state index in [1.165, 1.54) is 38.5 Å². The fourth-order valence-electron chi connectivity index (χ4n) is 4.80. The molecular formula is C23H33ClN5O3-. The molecule has 176 valence electrons. The van der Waals surface area contributed by atoms with E-state index in [0.717, 1.165) is 35.8 Å².